The lowest BCUT2D eigenvalue weighted by molar-refractivity contribution is 0.0527. The molecule has 304 valence electrons. The van der Waals surface area contributed by atoms with Crippen LogP contribution in [0.1, 0.15) is 89.0 Å². The van der Waals surface area contributed by atoms with E-state index in [-0.39, 0.29) is 17.3 Å². The highest BCUT2D eigenvalue weighted by Crippen LogP contribution is 2.38. The molecule has 0 bridgehead atoms. The van der Waals surface area contributed by atoms with Crippen LogP contribution in [0.2, 0.25) is 5.02 Å². The number of H-pyrrole nitrogens is 1. The number of carboxylic acids is 1. The molecule has 0 saturated heterocycles. The SMILES string of the molecule is Cc1cc(OCCCc2c(C(=O)O)[nH]c3c(-c4c(C(=O)NCC5CC5)nn(C)c4Cn4cc(CCNC(=O)OC(C)(C)C)c5ccccc54)cccc23)cc(C)c1Cl. The van der Waals surface area contributed by atoms with Gasteiger partial charge in [-0.2, -0.15) is 5.10 Å². The largest absolute Gasteiger partial charge is 0.494 e. The van der Waals surface area contributed by atoms with Crippen molar-refractivity contribution >= 4 is 51.4 Å². The van der Waals surface area contributed by atoms with E-state index in [0.717, 1.165) is 57.3 Å². The number of ether oxygens (including phenoxy) is 2. The van der Waals surface area contributed by atoms with E-state index in [1.807, 2.05) is 84.1 Å². The fourth-order valence-corrected chi connectivity index (χ4v) is 7.71. The van der Waals surface area contributed by atoms with Crippen molar-refractivity contribution in [1.29, 1.82) is 0 Å². The molecule has 1 aliphatic carbocycles. The van der Waals surface area contributed by atoms with Gasteiger partial charge in [-0.15, -0.1) is 0 Å². The Labute approximate surface area is 342 Å². The second-order valence-corrected chi connectivity index (χ2v) is 16.6. The van der Waals surface area contributed by atoms with Crippen molar-refractivity contribution in [2.24, 2.45) is 13.0 Å². The molecular weight excluding hydrogens is 756 g/mol. The van der Waals surface area contributed by atoms with E-state index < -0.39 is 17.7 Å². The third kappa shape index (κ3) is 8.87. The molecular formula is C45H51ClN6O6. The number of halogens is 1. The maximum Gasteiger partial charge on any atom is 0.407 e. The smallest absolute Gasteiger partial charge is 0.407 e. The average Bonchev–Trinajstić information content (AvgIpc) is 3.72. The van der Waals surface area contributed by atoms with Crippen molar-refractivity contribution in [3.05, 3.63) is 105 Å². The summed E-state index contributed by atoms with van der Waals surface area (Å²) in [5.74, 6) is -0.157. The molecule has 2 amide bonds. The summed E-state index contributed by atoms with van der Waals surface area (Å²) in [6.07, 6.45) is 5.38. The molecule has 3 heterocycles. The number of hydrogen-bond donors (Lipinski definition) is 4. The van der Waals surface area contributed by atoms with E-state index in [4.69, 9.17) is 26.2 Å². The molecule has 58 heavy (non-hydrogen) atoms. The van der Waals surface area contributed by atoms with Gasteiger partial charge in [0, 0.05) is 58.8 Å². The number of aryl methyl sites for hydroxylation is 4. The molecule has 1 fully saturated rings. The highest BCUT2D eigenvalue weighted by atomic mass is 35.5. The molecule has 3 aromatic heterocycles. The van der Waals surface area contributed by atoms with Crippen LogP contribution in [0.3, 0.4) is 0 Å². The Morgan fingerprint density at radius 2 is 1.72 bits per heavy atom. The molecule has 1 saturated carbocycles. The number of alkyl carbamates (subject to hydrolysis) is 1. The zero-order chi connectivity index (χ0) is 41.3. The molecule has 3 aromatic carbocycles. The summed E-state index contributed by atoms with van der Waals surface area (Å²) in [5, 5.41) is 23.7. The van der Waals surface area contributed by atoms with E-state index in [1.165, 1.54) is 0 Å². The number of carboxylic acid groups (broad SMARTS) is 1. The Kier molecular flexibility index (Phi) is 11.6. The van der Waals surface area contributed by atoms with Crippen molar-refractivity contribution in [3.63, 3.8) is 0 Å². The minimum Gasteiger partial charge on any atom is -0.494 e. The van der Waals surface area contributed by atoms with Crippen LogP contribution in [0.4, 0.5) is 4.79 Å². The highest BCUT2D eigenvalue weighted by molar-refractivity contribution is 6.32. The fraction of sp³-hybridized carbons (Fsp3) is 0.378. The van der Waals surface area contributed by atoms with E-state index in [0.29, 0.717) is 78.7 Å². The summed E-state index contributed by atoms with van der Waals surface area (Å²) >= 11 is 6.35. The van der Waals surface area contributed by atoms with Crippen molar-refractivity contribution in [2.45, 2.75) is 78.9 Å². The quantitative estimate of drug-likeness (QED) is 0.0758. The topological polar surface area (TPSA) is 152 Å². The van der Waals surface area contributed by atoms with Crippen LogP contribution in [-0.2, 0) is 31.2 Å². The number of para-hydroxylation sites is 2. The number of aromatic carboxylic acids is 1. The molecule has 4 N–H and O–H groups in total. The zero-order valence-corrected chi connectivity index (χ0v) is 34.7. The van der Waals surface area contributed by atoms with Crippen molar-refractivity contribution in [1.82, 2.24) is 30.0 Å². The van der Waals surface area contributed by atoms with Gasteiger partial charge in [0.15, 0.2) is 5.69 Å². The minimum absolute atomic E-state index is 0.104. The van der Waals surface area contributed by atoms with Gasteiger partial charge in [0.25, 0.3) is 5.91 Å². The zero-order valence-electron chi connectivity index (χ0n) is 33.9. The third-order valence-electron chi connectivity index (χ3n) is 10.6. The molecule has 6 aromatic rings. The highest BCUT2D eigenvalue weighted by Gasteiger charge is 2.29. The predicted octanol–water partition coefficient (Wildman–Crippen LogP) is 8.76. The molecule has 0 unspecified atom stereocenters. The lowest BCUT2D eigenvalue weighted by atomic mass is 9.97. The van der Waals surface area contributed by atoms with E-state index in [9.17, 15) is 19.5 Å². The third-order valence-corrected chi connectivity index (χ3v) is 11.2. The normalized spacial score (nSPS) is 12.9. The summed E-state index contributed by atoms with van der Waals surface area (Å²) in [5.41, 5.74) is 7.07. The van der Waals surface area contributed by atoms with E-state index >= 15 is 0 Å². The molecule has 0 atom stereocenters. The first kappa shape index (κ1) is 40.4. The molecule has 0 aliphatic heterocycles. The maximum atomic E-state index is 14.0. The van der Waals surface area contributed by atoms with E-state index in [1.54, 1.807) is 4.68 Å². The first-order valence-electron chi connectivity index (χ1n) is 19.8. The Bertz CT molecular complexity index is 2500. The number of benzene rings is 3. The lowest BCUT2D eigenvalue weighted by Crippen LogP contribution is -2.33. The van der Waals surface area contributed by atoms with Crippen LogP contribution < -0.4 is 15.4 Å². The maximum absolute atomic E-state index is 14.0. The van der Waals surface area contributed by atoms with Crippen LogP contribution in [-0.4, -0.2) is 67.7 Å². The second kappa shape index (κ2) is 16.6. The van der Waals surface area contributed by atoms with Crippen LogP contribution >= 0.6 is 11.6 Å². The first-order valence-corrected chi connectivity index (χ1v) is 20.2. The standard InChI is InChI=1S/C45H51ClN6O6/c1-26-21-30(22-27(2)38(26)46)57-20-10-14-33-32-12-9-13-34(39(32)49-40(33)43(54)55)37-36(51(6)50-41(37)42(53)48-23-28-16-17-28)25-52-24-29(31-11-7-8-15-35(31)52)18-19-47-44(56)58-45(3,4)5/h7-9,11-13,15,21-22,24,28,49H,10,14,16-20,23,25H2,1-6H3,(H,47,56)(H,48,53)(H,54,55). The second-order valence-electron chi connectivity index (χ2n) is 16.3. The monoisotopic (exact) mass is 806 g/mol. The van der Waals surface area contributed by atoms with Crippen LogP contribution in [0.5, 0.6) is 5.75 Å². The number of rotatable bonds is 15. The molecule has 1 aliphatic rings. The number of nitrogens with zero attached hydrogens (tertiary/aromatic N) is 3. The number of carbonyl (C=O) groups excluding carboxylic acids is 2. The van der Waals surface area contributed by atoms with Crippen molar-refractivity contribution in [2.75, 3.05) is 19.7 Å². The number of carbonyl (C=O) groups is 3. The van der Waals surface area contributed by atoms with E-state index in [2.05, 4.69) is 38.5 Å². The van der Waals surface area contributed by atoms with Gasteiger partial charge in [-0.3, -0.25) is 9.48 Å². The molecule has 0 radical (unpaired) electrons. The Hall–Kier alpha value is -5.75. The average molecular weight is 807 g/mol. The van der Waals surface area contributed by atoms with Gasteiger partial charge < -0.3 is 34.8 Å². The Morgan fingerprint density at radius 1 is 1.00 bits per heavy atom. The van der Waals surface area contributed by atoms with Gasteiger partial charge in [-0.25, -0.2) is 9.59 Å². The van der Waals surface area contributed by atoms with Gasteiger partial charge >= 0.3 is 12.1 Å². The van der Waals surface area contributed by atoms with Crippen LogP contribution in [0, 0.1) is 19.8 Å². The number of nitrogens with one attached hydrogen (secondary N) is 3. The molecule has 0 spiro atoms. The summed E-state index contributed by atoms with van der Waals surface area (Å²) in [6, 6.07) is 17.6. The molecule has 12 nitrogen and oxygen atoms in total. The fourth-order valence-electron chi connectivity index (χ4n) is 7.61. The van der Waals surface area contributed by atoms with Crippen molar-refractivity contribution < 1.29 is 29.0 Å². The minimum atomic E-state index is -1.07. The van der Waals surface area contributed by atoms with Gasteiger partial charge in [0.1, 0.15) is 17.0 Å². The Balaban J connectivity index is 1.23. The summed E-state index contributed by atoms with van der Waals surface area (Å²) in [6.45, 7) is 11.1. The summed E-state index contributed by atoms with van der Waals surface area (Å²) in [7, 11) is 1.83. The number of aromatic nitrogens is 4. The number of fused-ring (bicyclic) bond motifs is 2. The number of aromatic amines is 1. The van der Waals surface area contributed by atoms with Gasteiger partial charge in [-0.05, 0) is 113 Å². The number of hydrogen-bond acceptors (Lipinski definition) is 6. The van der Waals surface area contributed by atoms with Gasteiger partial charge in [0.2, 0.25) is 0 Å². The van der Waals surface area contributed by atoms with Crippen LogP contribution in [0.15, 0.2) is 60.8 Å². The first-order chi connectivity index (χ1) is 27.7. The lowest BCUT2D eigenvalue weighted by Gasteiger charge is -2.19. The Morgan fingerprint density at radius 3 is 2.43 bits per heavy atom. The molecule has 13 heteroatoms. The molecule has 7 rings (SSSR count). The number of amides is 2. The predicted molar refractivity (Wildman–Crippen MR) is 226 cm³/mol. The summed E-state index contributed by atoms with van der Waals surface area (Å²) in [4.78, 5) is 42.4. The van der Waals surface area contributed by atoms with Gasteiger partial charge in [0.05, 0.1) is 24.4 Å². The van der Waals surface area contributed by atoms with Gasteiger partial charge in [-0.1, -0.05) is 48.0 Å². The van der Waals surface area contributed by atoms with Crippen molar-refractivity contribution in [3.8, 4) is 16.9 Å². The van der Waals surface area contributed by atoms with Crippen LogP contribution in [0.25, 0.3) is 32.9 Å². The summed E-state index contributed by atoms with van der Waals surface area (Å²) < 4.78 is 15.4.